The van der Waals surface area contributed by atoms with E-state index in [0.29, 0.717) is 12.6 Å². The molecule has 2 aromatic rings. The van der Waals surface area contributed by atoms with E-state index in [2.05, 4.69) is 35.8 Å². The summed E-state index contributed by atoms with van der Waals surface area (Å²) in [5.41, 5.74) is 1.31. The average Bonchev–Trinajstić information content (AvgIpc) is 2.92. The molecule has 0 saturated carbocycles. The highest BCUT2D eigenvalue weighted by Crippen LogP contribution is 2.21. The van der Waals surface area contributed by atoms with Crippen LogP contribution in [0, 0.1) is 0 Å². The minimum Gasteiger partial charge on any atom is -0.488 e. The zero-order chi connectivity index (χ0) is 12.8. The van der Waals surface area contributed by atoms with Gasteiger partial charge in [0.2, 0.25) is 0 Å². The predicted octanol–water partition coefficient (Wildman–Crippen LogP) is 4.00. The van der Waals surface area contributed by atoms with Crippen molar-refractivity contribution in [3.05, 3.63) is 52.2 Å². The van der Waals surface area contributed by atoms with Crippen LogP contribution in [0.4, 0.5) is 0 Å². The Bertz CT molecular complexity index is 446. The predicted molar refractivity (Wildman–Crippen MR) is 77.2 cm³/mol. The molecule has 1 atom stereocenters. The average molecular weight is 261 g/mol. The summed E-state index contributed by atoms with van der Waals surface area (Å²) in [5, 5.41) is 5.37. The van der Waals surface area contributed by atoms with Crippen molar-refractivity contribution in [2.45, 2.75) is 26.0 Å². The van der Waals surface area contributed by atoms with Gasteiger partial charge in [-0.2, -0.15) is 0 Å². The number of hydrogen-bond acceptors (Lipinski definition) is 3. The van der Waals surface area contributed by atoms with Crippen LogP contribution < -0.4 is 10.1 Å². The summed E-state index contributed by atoms with van der Waals surface area (Å²) in [6.45, 7) is 2.84. The summed E-state index contributed by atoms with van der Waals surface area (Å²) in [6, 6.07) is 12.9. The third-order valence-electron chi connectivity index (χ3n) is 3.00. The highest BCUT2D eigenvalue weighted by Gasteiger charge is 2.06. The lowest BCUT2D eigenvalue weighted by molar-refractivity contribution is 0.309. The first-order chi connectivity index (χ1) is 8.83. The molecule has 0 fully saturated rings. The lowest BCUT2D eigenvalue weighted by Gasteiger charge is -2.14. The van der Waals surface area contributed by atoms with E-state index in [1.54, 1.807) is 11.3 Å². The van der Waals surface area contributed by atoms with E-state index in [9.17, 15) is 0 Å². The van der Waals surface area contributed by atoms with Crippen LogP contribution in [-0.2, 0) is 6.61 Å². The molecule has 18 heavy (non-hydrogen) atoms. The van der Waals surface area contributed by atoms with Gasteiger partial charge in [-0.1, -0.05) is 25.1 Å². The van der Waals surface area contributed by atoms with Crippen molar-refractivity contribution in [1.82, 2.24) is 5.32 Å². The second kappa shape index (κ2) is 6.57. The van der Waals surface area contributed by atoms with E-state index in [1.165, 1.54) is 10.4 Å². The molecule has 1 aromatic heterocycles. The van der Waals surface area contributed by atoms with Crippen molar-refractivity contribution in [3.63, 3.8) is 0 Å². The van der Waals surface area contributed by atoms with Crippen LogP contribution in [0.2, 0.25) is 0 Å². The SMILES string of the molecule is CCC(NC)c1ccc(OCc2cccs2)cc1. The van der Waals surface area contributed by atoms with Gasteiger partial charge in [-0.05, 0) is 42.6 Å². The Morgan fingerprint density at radius 2 is 2.00 bits per heavy atom. The molecule has 0 bridgehead atoms. The molecule has 96 valence electrons. The molecule has 3 heteroatoms. The van der Waals surface area contributed by atoms with Crippen molar-refractivity contribution in [1.29, 1.82) is 0 Å². The quantitative estimate of drug-likeness (QED) is 0.848. The second-order valence-electron chi connectivity index (χ2n) is 4.19. The van der Waals surface area contributed by atoms with E-state index in [4.69, 9.17) is 4.74 Å². The molecule has 0 saturated heterocycles. The number of ether oxygens (including phenoxy) is 1. The van der Waals surface area contributed by atoms with E-state index in [1.807, 2.05) is 25.2 Å². The van der Waals surface area contributed by atoms with Gasteiger partial charge in [0.05, 0.1) is 0 Å². The highest BCUT2D eigenvalue weighted by molar-refractivity contribution is 7.09. The highest BCUT2D eigenvalue weighted by atomic mass is 32.1. The Kier molecular flexibility index (Phi) is 4.79. The molecule has 1 aromatic carbocycles. The Labute approximate surface area is 113 Å². The van der Waals surface area contributed by atoms with Crippen molar-refractivity contribution in [2.24, 2.45) is 0 Å². The van der Waals surface area contributed by atoms with Crippen LogP contribution >= 0.6 is 11.3 Å². The van der Waals surface area contributed by atoms with Gasteiger partial charge in [-0.3, -0.25) is 0 Å². The van der Waals surface area contributed by atoms with Gasteiger partial charge in [-0.15, -0.1) is 11.3 Å². The second-order valence-corrected chi connectivity index (χ2v) is 5.22. The van der Waals surface area contributed by atoms with Crippen molar-refractivity contribution in [2.75, 3.05) is 7.05 Å². The van der Waals surface area contributed by atoms with Gasteiger partial charge in [-0.25, -0.2) is 0 Å². The van der Waals surface area contributed by atoms with E-state index in [0.717, 1.165) is 12.2 Å². The maximum atomic E-state index is 5.74. The zero-order valence-electron chi connectivity index (χ0n) is 10.8. The van der Waals surface area contributed by atoms with Crippen LogP contribution in [0.15, 0.2) is 41.8 Å². The molecule has 0 radical (unpaired) electrons. The van der Waals surface area contributed by atoms with Crippen LogP contribution in [0.3, 0.4) is 0 Å². The van der Waals surface area contributed by atoms with Gasteiger partial charge in [0, 0.05) is 10.9 Å². The lowest BCUT2D eigenvalue weighted by Crippen LogP contribution is -2.14. The first kappa shape index (κ1) is 13.1. The summed E-state index contributed by atoms with van der Waals surface area (Å²) in [6.07, 6.45) is 1.09. The molecule has 0 aliphatic carbocycles. The third-order valence-corrected chi connectivity index (χ3v) is 3.85. The summed E-state index contributed by atoms with van der Waals surface area (Å²) in [7, 11) is 2.00. The Hall–Kier alpha value is -1.32. The number of rotatable bonds is 6. The number of nitrogens with one attached hydrogen (secondary N) is 1. The van der Waals surface area contributed by atoms with Crippen LogP contribution in [-0.4, -0.2) is 7.05 Å². The molecule has 2 nitrogen and oxygen atoms in total. The van der Waals surface area contributed by atoms with Crippen LogP contribution in [0.5, 0.6) is 5.75 Å². The van der Waals surface area contributed by atoms with Gasteiger partial charge >= 0.3 is 0 Å². The fraction of sp³-hybridized carbons (Fsp3) is 0.333. The minimum absolute atomic E-state index is 0.427. The van der Waals surface area contributed by atoms with Gasteiger partial charge in [0.25, 0.3) is 0 Å². The van der Waals surface area contributed by atoms with Gasteiger partial charge < -0.3 is 10.1 Å². The molecule has 1 heterocycles. The monoisotopic (exact) mass is 261 g/mol. The Balaban J connectivity index is 1.95. The Morgan fingerprint density at radius 1 is 1.22 bits per heavy atom. The number of benzene rings is 1. The molecule has 0 amide bonds. The fourth-order valence-corrected chi connectivity index (χ4v) is 2.57. The summed E-state index contributed by atoms with van der Waals surface area (Å²) in [4.78, 5) is 1.25. The van der Waals surface area contributed by atoms with Crippen molar-refractivity contribution < 1.29 is 4.74 Å². The minimum atomic E-state index is 0.427. The summed E-state index contributed by atoms with van der Waals surface area (Å²) >= 11 is 1.72. The molecular formula is C15H19NOS. The fourth-order valence-electron chi connectivity index (χ4n) is 1.95. The molecule has 0 spiro atoms. The largest absolute Gasteiger partial charge is 0.488 e. The zero-order valence-corrected chi connectivity index (χ0v) is 11.7. The first-order valence-corrected chi connectivity index (χ1v) is 7.14. The number of hydrogen-bond donors (Lipinski definition) is 1. The van der Waals surface area contributed by atoms with E-state index < -0.39 is 0 Å². The standard InChI is InChI=1S/C15H19NOS/c1-3-15(16-2)12-6-8-13(9-7-12)17-11-14-5-4-10-18-14/h4-10,15-16H,3,11H2,1-2H3. The first-order valence-electron chi connectivity index (χ1n) is 6.26. The normalized spacial score (nSPS) is 12.3. The van der Waals surface area contributed by atoms with E-state index >= 15 is 0 Å². The van der Waals surface area contributed by atoms with Crippen LogP contribution in [0.1, 0.15) is 29.8 Å². The third kappa shape index (κ3) is 3.34. The number of thiophene rings is 1. The lowest BCUT2D eigenvalue weighted by atomic mass is 10.1. The Morgan fingerprint density at radius 3 is 2.56 bits per heavy atom. The smallest absolute Gasteiger partial charge is 0.122 e. The summed E-state index contributed by atoms with van der Waals surface area (Å²) in [5.74, 6) is 0.929. The van der Waals surface area contributed by atoms with Crippen molar-refractivity contribution in [3.8, 4) is 5.75 Å². The molecule has 2 rings (SSSR count). The molecule has 0 aliphatic heterocycles. The summed E-state index contributed by atoms with van der Waals surface area (Å²) < 4.78 is 5.74. The maximum absolute atomic E-state index is 5.74. The topological polar surface area (TPSA) is 21.3 Å². The van der Waals surface area contributed by atoms with E-state index in [-0.39, 0.29) is 0 Å². The van der Waals surface area contributed by atoms with Crippen molar-refractivity contribution >= 4 is 11.3 Å². The molecule has 1 unspecified atom stereocenters. The molecule has 0 aliphatic rings. The van der Waals surface area contributed by atoms with Gasteiger partial charge in [0.15, 0.2) is 0 Å². The maximum Gasteiger partial charge on any atom is 0.122 e. The molecule has 1 N–H and O–H groups in total. The molecular weight excluding hydrogens is 242 g/mol. The van der Waals surface area contributed by atoms with Gasteiger partial charge in [0.1, 0.15) is 12.4 Å². The van der Waals surface area contributed by atoms with Crippen LogP contribution in [0.25, 0.3) is 0 Å².